The number of carbonyl (C=O) groups excluding carboxylic acids is 3. The van der Waals surface area contributed by atoms with Gasteiger partial charge in [0.05, 0.1) is 18.6 Å². The number of amides is 2. The molecule has 28 heavy (non-hydrogen) atoms. The van der Waals surface area contributed by atoms with E-state index in [2.05, 4.69) is 11.9 Å². The third kappa shape index (κ3) is 3.93. The zero-order valence-corrected chi connectivity index (χ0v) is 17.3. The second kappa shape index (κ2) is 8.37. The molecule has 154 valence electrons. The van der Waals surface area contributed by atoms with Crippen molar-refractivity contribution in [2.24, 2.45) is 11.8 Å². The van der Waals surface area contributed by atoms with Gasteiger partial charge in [-0.1, -0.05) is 6.92 Å². The van der Waals surface area contributed by atoms with E-state index < -0.39 is 5.97 Å². The number of piperidine rings is 2. The minimum absolute atomic E-state index is 0.137. The van der Waals surface area contributed by atoms with Crippen LogP contribution in [0.1, 0.15) is 64.7 Å². The topological polar surface area (TPSA) is 82.7 Å². The number of aromatic nitrogens is 1. The van der Waals surface area contributed by atoms with Crippen molar-refractivity contribution in [3.63, 3.8) is 0 Å². The number of likely N-dealkylation sites (tertiary alicyclic amines) is 2. The van der Waals surface area contributed by atoms with Gasteiger partial charge in [0, 0.05) is 31.9 Å². The van der Waals surface area contributed by atoms with Crippen LogP contribution in [0.4, 0.5) is 0 Å². The van der Waals surface area contributed by atoms with Crippen molar-refractivity contribution in [1.29, 1.82) is 0 Å². The van der Waals surface area contributed by atoms with E-state index in [4.69, 9.17) is 4.74 Å². The Morgan fingerprint density at radius 3 is 2.36 bits per heavy atom. The minimum atomic E-state index is -0.448. The standard InChI is InChI=1S/C21H31N3O4/c1-13-7-10-23(11-8-13)19(25)16-6-5-9-24(12-16)20(26)18-14(2)17(15(3)22-18)21(27)28-4/h13,16,22H,5-12H2,1-4H3. The molecule has 2 amide bonds. The molecule has 0 radical (unpaired) electrons. The van der Waals surface area contributed by atoms with Crippen LogP contribution in [0.3, 0.4) is 0 Å². The maximum absolute atomic E-state index is 13.1. The SMILES string of the molecule is COC(=O)c1c(C)[nH]c(C(=O)N2CCCC(C(=O)N3CCC(C)CC3)C2)c1C. The zero-order valence-electron chi connectivity index (χ0n) is 17.3. The highest BCUT2D eigenvalue weighted by molar-refractivity contribution is 6.00. The summed E-state index contributed by atoms with van der Waals surface area (Å²) in [5.41, 5.74) is 2.06. The normalized spacial score (nSPS) is 20.9. The Bertz CT molecular complexity index is 762. The average molecular weight is 389 g/mol. The smallest absolute Gasteiger partial charge is 0.339 e. The van der Waals surface area contributed by atoms with Crippen LogP contribution in [0, 0.1) is 25.7 Å². The van der Waals surface area contributed by atoms with Gasteiger partial charge in [-0.2, -0.15) is 0 Å². The molecule has 0 aliphatic carbocycles. The molecule has 1 atom stereocenters. The number of rotatable bonds is 3. The van der Waals surface area contributed by atoms with Crippen LogP contribution in [0.2, 0.25) is 0 Å². The summed E-state index contributed by atoms with van der Waals surface area (Å²) < 4.78 is 4.83. The number of aromatic amines is 1. The summed E-state index contributed by atoms with van der Waals surface area (Å²) in [6.07, 6.45) is 3.75. The predicted octanol–water partition coefficient (Wildman–Crippen LogP) is 2.53. The van der Waals surface area contributed by atoms with E-state index in [1.54, 1.807) is 18.7 Å². The van der Waals surface area contributed by atoms with Crippen molar-refractivity contribution in [3.8, 4) is 0 Å². The summed E-state index contributed by atoms with van der Waals surface area (Å²) in [6.45, 7) is 8.45. The lowest BCUT2D eigenvalue weighted by Crippen LogP contribution is -2.48. The molecule has 0 spiro atoms. The van der Waals surface area contributed by atoms with E-state index in [-0.39, 0.29) is 17.7 Å². The fraction of sp³-hybridized carbons (Fsp3) is 0.667. The second-order valence-electron chi connectivity index (χ2n) is 8.21. The molecule has 2 aliphatic heterocycles. The quantitative estimate of drug-likeness (QED) is 0.806. The molecule has 1 N–H and O–H groups in total. The van der Waals surface area contributed by atoms with Gasteiger partial charge in [-0.25, -0.2) is 4.79 Å². The van der Waals surface area contributed by atoms with Crippen molar-refractivity contribution >= 4 is 17.8 Å². The van der Waals surface area contributed by atoms with Crippen molar-refractivity contribution in [2.75, 3.05) is 33.3 Å². The van der Waals surface area contributed by atoms with Crippen LogP contribution in [0.25, 0.3) is 0 Å². The van der Waals surface area contributed by atoms with Crippen molar-refractivity contribution in [1.82, 2.24) is 14.8 Å². The Morgan fingerprint density at radius 1 is 1.04 bits per heavy atom. The fourth-order valence-corrected chi connectivity index (χ4v) is 4.38. The number of carbonyl (C=O) groups is 3. The lowest BCUT2D eigenvalue weighted by molar-refractivity contribution is -0.138. The number of esters is 1. The number of H-pyrrole nitrogens is 1. The number of aryl methyl sites for hydroxylation is 1. The van der Waals surface area contributed by atoms with Crippen molar-refractivity contribution in [3.05, 3.63) is 22.5 Å². The van der Waals surface area contributed by atoms with Gasteiger partial charge in [-0.3, -0.25) is 9.59 Å². The first kappa shape index (κ1) is 20.4. The first-order chi connectivity index (χ1) is 13.3. The van der Waals surface area contributed by atoms with Gasteiger partial charge in [0.2, 0.25) is 5.91 Å². The number of nitrogens with one attached hydrogen (secondary N) is 1. The summed E-state index contributed by atoms with van der Waals surface area (Å²) in [7, 11) is 1.33. The molecule has 7 heteroatoms. The summed E-state index contributed by atoms with van der Waals surface area (Å²) in [4.78, 5) is 44.8. The van der Waals surface area contributed by atoms with E-state index in [1.165, 1.54) is 7.11 Å². The van der Waals surface area contributed by atoms with Crippen LogP contribution < -0.4 is 0 Å². The predicted molar refractivity (Wildman–Crippen MR) is 105 cm³/mol. The van der Waals surface area contributed by atoms with E-state index >= 15 is 0 Å². The highest BCUT2D eigenvalue weighted by Crippen LogP contribution is 2.26. The summed E-state index contributed by atoms with van der Waals surface area (Å²) in [5, 5.41) is 0. The maximum Gasteiger partial charge on any atom is 0.339 e. The molecule has 3 rings (SSSR count). The number of hydrogen-bond acceptors (Lipinski definition) is 4. The van der Waals surface area contributed by atoms with Gasteiger partial charge in [-0.15, -0.1) is 0 Å². The highest BCUT2D eigenvalue weighted by atomic mass is 16.5. The molecule has 7 nitrogen and oxygen atoms in total. The van der Waals surface area contributed by atoms with Crippen LogP contribution in [-0.4, -0.2) is 65.9 Å². The Hall–Kier alpha value is -2.31. The molecule has 0 saturated carbocycles. The van der Waals surface area contributed by atoms with Gasteiger partial charge in [-0.05, 0) is 51.0 Å². The number of hydrogen-bond donors (Lipinski definition) is 1. The fourth-order valence-electron chi connectivity index (χ4n) is 4.38. The Morgan fingerprint density at radius 2 is 1.71 bits per heavy atom. The lowest BCUT2D eigenvalue weighted by Gasteiger charge is -2.37. The van der Waals surface area contributed by atoms with Crippen LogP contribution >= 0.6 is 0 Å². The summed E-state index contributed by atoms with van der Waals surface area (Å²) in [6, 6.07) is 0. The third-order valence-corrected chi connectivity index (χ3v) is 6.19. The largest absolute Gasteiger partial charge is 0.465 e. The molecule has 1 aromatic heterocycles. The third-order valence-electron chi connectivity index (χ3n) is 6.19. The number of ether oxygens (including phenoxy) is 1. The van der Waals surface area contributed by atoms with Crippen LogP contribution in [0.15, 0.2) is 0 Å². The van der Waals surface area contributed by atoms with Gasteiger partial charge in [0.25, 0.3) is 5.91 Å². The lowest BCUT2D eigenvalue weighted by atomic mass is 9.93. The Labute approximate surface area is 166 Å². The Balaban J connectivity index is 1.71. The second-order valence-corrected chi connectivity index (χ2v) is 8.21. The first-order valence-corrected chi connectivity index (χ1v) is 10.2. The van der Waals surface area contributed by atoms with Gasteiger partial charge >= 0.3 is 5.97 Å². The Kier molecular flexibility index (Phi) is 6.10. The molecule has 2 aliphatic rings. The molecule has 2 saturated heterocycles. The van der Waals surface area contributed by atoms with E-state index in [0.29, 0.717) is 41.5 Å². The van der Waals surface area contributed by atoms with Crippen LogP contribution in [-0.2, 0) is 9.53 Å². The maximum atomic E-state index is 13.1. The molecule has 2 fully saturated rings. The van der Waals surface area contributed by atoms with Gasteiger partial charge in [0.1, 0.15) is 5.69 Å². The van der Waals surface area contributed by atoms with Gasteiger partial charge in [0.15, 0.2) is 0 Å². The van der Waals surface area contributed by atoms with Gasteiger partial charge < -0.3 is 19.5 Å². The highest BCUT2D eigenvalue weighted by Gasteiger charge is 2.34. The molecule has 3 heterocycles. The van der Waals surface area contributed by atoms with E-state index in [9.17, 15) is 14.4 Å². The molecular weight excluding hydrogens is 358 g/mol. The summed E-state index contributed by atoms with van der Waals surface area (Å²) in [5.74, 6) is 0.120. The number of nitrogens with zero attached hydrogens (tertiary/aromatic N) is 2. The average Bonchev–Trinajstić information content (AvgIpc) is 3.01. The first-order valence-electron chi connectivity index (χ1n) is 10.2. The monoisotopic (exact) mass is 389 g/mol. The van der Waals surface area contributed by atoms with Crippen molar-refractivity contribution in [2.45, 2.75) is 46.5 Å². The molecule has 0 aromatic carbocycles. The van der Waals surface area contributed by atoms with Crippen molar-refractivity contribution < 1.29 is 19.1 Å². The molecule has 1 unspecified atom stereocenters. The van der Waals surface area contributed by atoms with Crippen LogP contribution in [0.5, 0.6) is 0 Å². The molecule has 1 aromatic rings. The van der Waals surface area contributed by atoms with E-state index in [1.807, 2.05) is 4.90 Å². The van der Waals surface area contributed by atoms with E-state index in [0.717, 1.165) is 38.8 Å². The molecule has 0 bridgehead atoms. The minimum Gasteiger partial charge on any atom is -0.465 e. The molecular formula is C21H31N3O4. The summed E-state index contributed by atoms with van der Waals surface area (Å²) >= 11 is 0. The zero-order chi connectivity index (χ0) is 20.4. The number of methoxy groups -OCH3 is 1.